The molecule has 2 aromatic rings. The van der Waals surface area contributed by atoms with Crippen molar-refractivity contribution in [3.63, 3.8) is 0 Å². The third kappa shape index (κ3) is 4.72. The fourth-order valence-corrected chi connectivity index (χ4v) is 3.01. The molecule has 30 heavy (non-hydrogen) atoms. The van der Waals surface area contributed by atoms with Gasteiger partial charge in [-0.25, -0.2) is 14.8 Å². The number of aliphatic carboxylic acids is 1. The first kappa shape index (κ1) is 20.8. The summed E-state index contributed by atoms with van der Waals surface area (Å²) in [4.78, 5) is 23.4. The van der Waals surface area contributed by atoms with Gasteiger partial charge >= 0.3 is 5.97 Å². The molecule has 5 N–H and O–H groups in total. The maximum atomic E-state index is 10.9. The molecule has 1 aliphatic rings. The van der Waals surface area contributed by atoms with E-state index in [0.717, 1.165) is 28.8 Å². The van der Waals surface area contributed by atoms with Crippen molar-refractivity contribution in [2.45, 2.75) is 19.8 Å². The minimum atomic E-state index is -1.09. The summed E-state index contributed by atoms with van der Waals surface area (Å²) in [5.41, 5.74) is 9.88. The highest BCUT2D eigenvalue weighted by Gasteiger charge is 2.15. The Morgan fingerprint density at radius 2 is 2.13 bits per heavy atom. The average molecular weight is 405 g/mol. The second-order valence-electron chi connectivity index (χ2n) is 6.74. The van der Waals surface area contributed by atoms with Gasteiger partial charge in [-0.3, -0.25) is 4.99 Å². The van der Waals surface area contributed by atoms with Crippen molar-refractivity contribution in [3.05, 3.63) is 77.3 Å². The van der Waals surface area contributed by atoms with E-state index < -0.39 is 5.97 Å². The maximum absolute atomic E-state index is 10.9. The summed E-state index contributed by atoms with van der Waals surface area (Å²) in [6, 6.07) is 5.72. The van der Waals surface area contributed by atoms with Crippen LogP contribution in [0.1, 0.15) is 23.7 Å². The summed E-state index contributed by atoms with van der Waals surface area (Å²) in [6.07, 6.45) is 7.34. The number of nitrogens with two attached hydrogens (primary N) is 1. The molecule has 1 aromatic heterocycles. The number of fused-ring (bicyclic) bond motifs is 1. The molecule has 8 heteroatoms. The third-order valence-electron chi connectivity index (χ3n) is 4.72. The number of allylic oxidation sites excluding steroid dienone is 3. The van der Waals surface area contributed by atoms with Gasteiger partial charge in [-0.15, -0.1) is 0 Å². The summed E-state index contributed by atoms with van der Waals surface area (Å²) in [7, 11) is 0. The number of benzene rings is 1. The van der Waals surface area contributed by atoms with Crippen molar-refractivity contribution in [1.82, 2.24) is 9.97 Å². The number of nitrogens with one attached hydrogen (secondary N) is 1. The SMILES string of the molecule is C=C(/C=C\C(=C/C)Cc1ncnc(Nc2ccc3c(c2)CCN=C3N)c1O)C(=O)O. The number of carboxylic acids is 1. The minimum Gasteiger partial charge on any atom is -0.503 e. The van der Waals surface area contributed by atoms with Crippen LogP contribution in [0.25, 0.3) is 0 Å². The van der Waals surface area contributed by atoms with Gasteiger partial charge in [-0.05, 0) is 48.8 Å². The van der Waals surface area contributed by atoms with E-state index in [4.69, 9.17) is 10.8 Å². The first-order valence-electron chi connectivity index (χ1n) is 9.37. The van der Waals surface area contributed by atoms with E-state index in [1.807, 2.05) is 31.2 Å². The number of nitrogens with zero attached hydrogens (tertiary/aromatic N) is 3. The fourth-order valence-electron chi connectivity index (χ4n) is 3.01. The maximum Gasteiger partial charge on any atom is 0.335 e. The number of anilines is 2. The number of carbonyl (C=O) groups is 1. The van der Waals surface area contributed by atoms with Crippen LogP contribution in [0.5, 0.6) is 5.75 Å². The zero-order chi connectivity index (χ0) is 21.7. The van der Waals surface area contributed by atoms with Crippen LogP contribution in [-0.4, -0.2) is 38.5 Å². The van der Waals surface area contributed by atoms with E-state index >= 15 is 0 Å². The van der Waals surface area contributed by atoms with Gasteiger partial charge in [-0.1, -0.05) is 18.7 Å². The van der Waals surface area contributed by atoms with Gasteiger partial charge in [0.25, 0.3) is 0 Å². The van der Waals surface area contributed by atoms with Gasteiger partial charge in [0.2, 0.25) is 0 Å². The van der Waals surface area contributed by atoms with Gasteiger partial charge in [0.15, 0.2) is 11.6 Å². The van der Waals surface area contributed by atoms with Crippen LogP contribution in [0, 0.1) is 0 Å². The Labute approximate surface area is 174 Å². The van der Waals surface area contributed by atoms with E-state index in [-0.39, 0.29) is 17.1 Å². The predicted octanol–water partition coefficient (Wildman–Crippen LogP) is 2.87. The van der Waals surface area contributed by atoms with Gasteiger partial charge in [0.05, 0.1) is 11.3 Å². The molecule has 0 spiro atoms. The molecule has 0 saturated carbocycles. The molecular formula is C22H23N5O3. The molecule has 3 rings (SSSR count). The predicted molar refractivity (Wildman–Crippen MR) is 116 cm³/mol. The highest BCUT2D eigenvalue weighted by Crippen LogP contribution is 2.29. The Morgan fingerprint density at radius 1 is 1.33 bits per heavy atom. The van der Waals surface area contributed by atoms with Crippen molar-refractivity contribution < 1.29 is 15.0 Å². The largest absolute Gasteiger partial charge is 0.503 e. The quantitative estimate of drug-likeness (QED) is 0.411. The van der Waals surface area contributed by atoms with Crippen LogP contribution in [0.15, 0.2) is 65.5 Å². The van der Waals surface area contributed by atoms with Gasteiger partial charge in [0.1, 0.15) is 12.2 Å². The van der Waals surface area contributed by atoms with Gasteiger partial charge < -0.3 is 21.3 Å². The molecule has 0 unspecified atom stereocenters. The normalized spacial score (nSPS) is 13.6. The lowest BCUT2D eigenvalue weighted by molar-refractivity contribution is -0.132. The summed E-state index contributed by atoms with van der Waals surface area (Å²) < 4.78 is 0. The summed E-state index contributed by atoms with van der Waals surface area (Å²) in [5, 5.41) is 22.7. The molecule has 0 saturated heterocycles. The first-order valence-corrected chi connectivity index (χ1v) is 9.37. The van der Waals surface area contributed by atoms with E-state index in [9.17, 15) is 9.90 Å². The van der Waals surface area contributed by atoms with Crippen molar-refractivity contribution in [2.75, 3.05) is 11.9 Å². The van der Waals surface area contributed by atoms with Crippen LogP contribution in [0.2, 0.25) is 0 Å². The van der Waals surface area contributed by atoms with E-state index in [1.54, 1.807) is 6.08 Å². The van der Waals surface area contributed by atoms with Crippen LogP contribution in [0.4, 0.5) is 11.5 Å². The second kappa shape index (κ2) is 9.04. The topological polar surface area (TPSA) is 134 Å². The fraction of sp³-hybridized carbons (Fsp3) is 0.182. The number of aromatic hydroxyl groups is 1. The number of rotatable bonds is 7. The summed E-state index contributed by atoms with van der Waals surface area (Å²) >= 11 is 0. The molecule has 0 amide bonds. The molecule has 0 aliphatic carbocycles. The number of carboxylic acid groups (broad SMARTS) is 1. The molecule has 2 heterocycles. The second-order valence-corrected chi connectivity index (χ2v) is 6.74. The van der Waals surface area contributed by atoms with Gasteiger partial charge in [0, 0.05) is 24.2 Å². The average Bonchev–Trinajstić information content (AvgIpc) is 2.73. The minimum absolute atomic E-state index is 0.0262. The smallest absolute Gasteiger partial charge is 0.335 e. The first-order chi connectivity index (χ1) is 14.4. The van der Waals surface area contributed by atoms with Crippen LogP contribution in [0.3, 0.4) is 0 Å². The molecule has 0 fully saturated rings. The Morgan fingerprint density at radius 3 is 2.87 bits per heavy atom. The van der Waals surface area contributed by atoms with Crippen LogP contribution in [-0.2, 0) is 17.6 Å². The van der Waals surface area contributed by atoms with Crippen molar-refractivity contribution in [3.8, 4) is 5.75 Å². The van der Waals surface area contributed by atoms with E-state index in [1.165, 1.54) is 12.4 Å². The highest BCUT2D eigenvalue weighted by molar-refractivity contribution is 6.00. The lowest BCUT2D eigenvalue weighted by Crippen LogP contribution is -2.20. The molecule has 0 atom stereocenters. The number of hydrogen-bond donors (Lipinski definition) is 4. The Hall–Kier alpha value is -3.94. The Bertz CT molecular complexity index is 1090. The molecule has 0 radical (unpaired) electrons. The van der Waals surface area contributed by atoms with Crippen LogP contribution >= 0.6 is 0 Å². The highest BCUT2D eigenvalue weighted by atomic mass is 16.4. The summed E-state index contributed by atoms with van der Waals surface area (Å²) in [6.45, 7) is 5.94. The molecule has 154 valence electrons. The van der Waals surface area contributed by atoms with Crippen molar-refractivity contribution >= 4 is 23.3 Å². The molecule has 0 bridgehead atoms. The number of hydrogen-bond acceptors (Lipinski definition) is 7. The summed E-state index contributed by atoms with van der Waals surface area (Å²) in [5.74, 6) is -0.337. The van der Waals surface area contributed by atoms with E-state index in [2.05, 4.69) is 26.9 Å². The molecular weight excluding hydrogens is 382 g/mol. The van der Waals surface area contributed by atoms with Crippen molar-refractivity contribution in [2.24, 2.45) is 10.7 Å². The molecule has 1 aliphatic heterocycles. The zero-order valence-corrected chi connectivity index (χ0v) is 16.6. The molecule has 8 nitrogen and oxygen atoms in total. The van der Waals surface area contributed by atoms with Crippen LogP contribution < -0.4 is 11.1 Å². The lowest BCUT2D eigenvalue weighted by Gasteiger charge is -2.16. The zero-order valence-electron chi connectivity index (χ0n) is 16.6. The van der Waals surface area contributed by atoms with Gasteiger partial charge in [-0.2, -0.15) is 0 Å². The van der Waals surface area contributed by atoms with E-state index in [0.29, 0.717) is 24.5 Å². The number of aliphatic imine (C=N–C) groups is 1. The Balaban J connectivity index is 1.79. The molecule has 1 aromatic carbocycles. The number of aromatic nitrogens is 2. The third-order valence-corrected chi connectivity index (χ3v) is 4.72. The standard InChI is InChI=1S/C22H23N5O3/c1-3-14(5-4-13(2)22(29)30)10-18-19(28)21(26-12-25-18)27-16-6-7-17-15(11-16)8-9-24-20(17)23/h3-7,11-12,28H,2,8-10H2,1H3,(H2,23,24)(H,29,30)(H,25,26,27)/b5-4-,14-3+. The Kier molecular flexibility index (Phi) is 6.26. The lowest BCUT2D eigenvalue weighted by atomic mass is 10.0. The van der Waals surface area contributed by atoms with Crippen molar-refractivity contribution in [1.29, 1.82) is 0 Å². The monoisotopic (exact) mass is 405 g/mol. The number of amidine groups is 1.